The lowest BCUT2D eigenvalue weighted by molar-refractivity contribution is 0.113. The molecule has 1 saturated carbocycles. The van der Waals surface area contributed by atoms with E-state index >= 15 is 0 Å². The molecule has 1 aliphatic rings. The molecule has 8 heteroatoms. The van der Waals surface area contributed by atoms with E-state index in [4.69, 9.17) is 0 Å². The molecule has 0 saturated heterocycles. The van der Waals surface area contributed by atoms with Crippen LogP contribution in [-0.2, 0) is 6.54 Å². The van der Waals surface area contributed by atoms with Gasteiger partial charge in [0.05, 0.1) is 11.6 Å². The fraction of sp³-hybridized carbons (Fsp3) is 0.727. The fourth-order valence-corrected chi connectivity index (χ4v) is 4.80. The number of aryl methyl sites for hydroxylation is 1. The van der Waals surface area contributed by atoms with E-state index in [2.05, 4.69) is 65.2 Å². The Morgan fingerprint density at radius 1 is 1.13 bits per heavy atom. The minimum atomic E-state index is -0.201. The molecule has 2 aromatic rings. The second-order valence-electron chi connectivity index (χ2n) is 9.03. The summed E-state index contributed by atoms with van der Waals surface area (Å²) in [6.45, 7) is 12.0. The molecule has 0 spiro atoms. The largest absolute Gasteiger partial charge is 0.335 e. The molecule has 1 unspecified atom stereocenters. The van der Waals surface area contributed by atoms with E-state index in [1.807, 2.05) is 4.68 Å². The third-order valence-corrected chi connectivity index (χ3v) is 6.07. The molecule has 2 aromatic heterocycles. The van der Waals surface area contributed by atoms with E-state index in [1.165, 1.54) is 25.6 Å². The molecule has 2 heterocycles. The number of anilines is 1. The molecule has 1 aliphatic carbocycles. The van der Waals surface area contributed by atoms with Crippen LogP contribution in [-0.4, -0.2) is 54.8 Å². The second kappa shape index (κ2) is 10.2. The van der Waals surface area contributed by atoms with Crippen molar-refractivity contribution in [2.75, 3.05) is 5.32 Å². The first-order chi connectivity index (χ1) is 14.4. The number of hydrogen-bond donors (Lipinski definition) is 2. The lowest BCUT2D eigenvalue weighted by Crippen LogP contribution is -2.44. The number of carbonyl (C=O) groups is 1. The number of amides is 2. The van der Waals surface area contributed by atoms with Crippen molar-refractivity contribution in [3.63, 3.8) is 0 Å². The predicted octanol–water partition coefficient (Wildman–Crippen LogP) is 4.18. The van der Waals surface area contributed by atoms with Crippen molar-refractivity contribution in [2.45, 2.75) is 104 Å². The van der Waals surface area contributed by atoms with Crippen molar-refractivity contribution in [1.82, 2.24) is 30.0 Å². The van der Waals surface area contributed by atoms with Crippen molar-refractivity contribution in [1.29, 1.82) is 0 Å². The fourth-order valence-electron chi connectivity index (χ4n) is 4.80. The van der Waals surface area contributed by atoms with Crippen molar-refractivity contribution in [2.24, 2.45) is 0 Å². The van der Waals surface area contributed by atoms with E-state index in [0.717, 1.165) is 36.8 Å². The van der Waals surface area contributed by atoms with Crippen molar-refractivity contribution < 1.29 is 4.79 Å². The summed E-state index contributed by atoms with van der Waals surface area (Å²) in [6.07, 6.45) is 9.93. The van der Waals surface area contributed by atoms with Crippen LogP contribution in [0, 0.1) is 0 Å². The Balaban J connectivity index is 1.65. The van der Waals surface area contributed by atoms with Crippen LogP contribution in [0.15, 0.2) is 12.5 Å². The lowest BCUT2D eigenvalue weighted by Gasteiger charge is -2.36. The van der Waals surface area contributed by atoms with E-state index < -0.39 is 0 Å². The normalized spacial score (nSPS) is 16.5. The third-order valence-electron chi connectivity index (χ3n) is 6.07. The van der Waals surface area contributed by atoms with Gasteiger partial charge in [0.2, 0.25) is 0 Å². The molecular formula is C22H37N7O. The summed E-state index contributed by atoms with van der Waals surface area (Å²) in [6, 6.07) is 1.48. The summed E-state index contributed by atoms with van der Waals surface area (Å²) < 4.78 is 1.91. The third kappa shape index (κ3) is 5.47. The summed E-state index contributed by atoms with van der Waals surface area (Å²) in [5.41, 5.74) is 0.755. The first-order valence-electron chi connectivity index (χ1n) is 11.4. The van der Waals surface area contributed by atoms with Gasteiger partial charge in [-0.2, -0.15) is 5.10 Å². The quantitative estimate of drug-likeness (QED) is 0.675. The lowest BCUT2D eigenvalue weighted by atomic mass is 9.96. The number of hydrogen-bond acceptors (Lipinski definition) is 5. The zero-order valence-corrected chi connectivity index (χ0v) is 19.1. The van der Waals surface area contributed by atoms with E-state index in [1.54, 1.807) is 6.20 Å². The highest BCUT2D eigenvalue weighted by atomic mass is 16.2. The van der Waals surface area contributed by atoms with Crippen molar-refractivity contribution in [3.05, 3.63) is 12.5 Å². The van der Waals surface area contributed by atoms with Gasteiger partial charge in [-0.15, -0.1) is 0 Å². The Morgan fingerprint density at radius 3 is 2.50 bits per heavy atom. The average Bonchev–Trinajstić information content (AvgIpc) is 3.10. The Bertz CT molecular complexity index is 818. The maximum atomic E-state index is 12.4. The molecule has 0 aromatic carbocycles. The van der Waals surface area contributed by atoms with E-state index in [-0.39, 0.29) is 12.1 Å². The van der Waals surface area contributed by atoms with Crippen LogP contribution < -0.4 is 10.6 Å². The van der Waals surface area contributed by atoms with Gasteiger partial charge in [-0.3, -0.25) is 10.2 Å². The molecule has 166 valence electrons. The topological polar surface area (TPSA) is 88.0 Å². The number of fused-ring (bicyclic) bond motifs is 1. The smallest absolute Gasteiger partial charge is 0.320 e. The predicted molar refractivity (Wildman–Crippen MR) is 121 cm³/mol. The van der Waals surface area contributed by atoms with Crippen LogP contribution in [0.3, 0.4) is 0 Å². The highest BCUT2D eigenvalue weighted by Gasteiger charge is 2.21. The van der Waals surface area contributed by atoms with Gasteiger partial charge in [0.25, 0.3) is 0 Å². The Labute approximate surface area is 179 Å². The van der Waals surface area contributed by atoms with Gasteiger partial charge >= 0.3 is 6.03 Å². The number of rotatable bonds is 8. The Kier molecular flexibility index (Phi) is 7.64. The molecule has 30 heavy (non-hydrogen) atoms. The van der Waals surface area contributed by atoms with E-state index in [9.17, 15) is 4.79 Å². The Morgan fingerprint density at radius 2 is 1.83 bits per heavy atom. The van der Waals surface area contributed by atoms with Crippen molar-refractivity contribution >= 4 is 22.9 Å². The van der Waals surface area contributed by atoms with Gasteiger partial charge in [0.15, 0.2) is 5.65 Å². The first-order valence-corrected chi connectivity index (χ1v) is 11.4. The number of aromatic nitrogens is 4. The van der Waals surface area contributed by atoms with Crippen LogP contribution in [0.5, 0.6) is 0 Å². The van der Waals surface area contributed by atoms with Crippen LogP contribution in [0.25, 0.3) is 11.0 Å². The molecule has 8 nitrogen and oxygen atoms in total. The maximum absolute atomic E-state index is 12.4. The molecule has 2 N–H and O–H groups in total. The monoisotopic (exact) mass is 415 g/mol. The molecule has 2 amide bonds. The summed E-state index contributed by atoms with van der Waals surface area (Å²) >= 11 is 0. The number of urea groups is 1. The second-order valence-corrected chi connectivity index (χ2v) is 9.03. The molecule has 0 aliphatic heterocycles. The summed E-state index contributed by atoms with van der Waals surface area (Å²) in [4.78, 5) is 23.7. The van der Waals surface area contributed by atoms with Gasteiger partial charge in [-0.1, -0.05) is 19.3 Å². The van der Waals surface area contributed by atoms with Gasteiger partial charge in [-0.05, 0) is 53.9 Å². The molecular weight excluding hydrogens is 378 g/mol. The number of carbonyl (C=O) groups excluding carboxylic acids is 1. The van der Waals surface area contributed by atoms with Gasteiger partial charge in [0.1, 0.15) is 12.1 Å². The van der Waals surface area contributed by atoms with Gasteiger partial charge < -0.3 is 5.32 Å². The van der Waals surface area contributed by atoms with Crippen LogP contribution in [0.1, 0.15) is 73.1 Å². The highest BCUT2D eigenvalue weighted by Crippen LogP contribution is 2.21. The Hall–Kier alpha value is -2.22. The molecule has 0 radical (unpaired) electrons. The molecule has 1 atom stereocenters. The SMILES string of the molecule is CC(C)N(C(C)C)C(C)CCn1ncc2c(NC(=O)NC3CCCCC3)ncnc21. The zero-order chi connectivity index (χ0) is 21.7. The van der Waals surface area contributed by atoms with Crippen LogP contribution in [0.4, 0.5) is 10.6 Å². The minimum Gasteiger partial charge on any atom is -0.335 e. The van der Waals surface area contributed by atoms with Crippen LogP contribution >= 0.6 is 0 Å². The zero-order valence-electron chi connectivity index (χ0n) is 19.1. The number of nitrogens with one attached hydrogen (secondary N) is 2. The molecule has 1 fully saturated rings. The van der Waals surface area contributed by atoms with Crippen LogP contribution in [0.2, 0.25) is 0 Å². The van der Waals surface area contributed by atoms with Gasteiger partial charge in [0, 0.05) is 30.7 Å². The maximum Gasteiger partial charge on any atom is 0.320 e. The summed E-state index contributed by atoms with van der Waals surface area (Å²) in [5, 5.41) is 11.3. The standard InChI is InChI=1S/C22H37N7O/c1-15(2)29(16(3)4)17(5)11-12-28-21-19(13-25-28)20(23-14-24-21)27-22(30)26-18-9-7-6-8-10-18/h13-18H,6-12H2,1-5H3,(H2,23,24,26,27,30). The first kappa shape index (κ1) is 22.5. The molecule has 0 bridgehead atoms. The van der Waals surface area contributed by atoms with E-state index in [0.29, 0.717) is 23.9 Å². The van der Waals surface area contributed by atoms with Gasteiger partial charge in [-0.25, -0.2) is 19.4 Å². The minimum absolute atomic E-state index is 0.201. The summed E-state index contributed by atoms with van der Waals surface area (Å²) in [7, 11) is 0. The number of nitrogens with zero attached hydrogens (tertiary/aromatic N) is 5. The highest BCUT2D eigenvalue weighted by molar-refractivity contribution is 5.97. The van der Waals surface area contributed by atoms with Crippen molar-refractivity contribution in [3.8, 4) is 0 Å². The molecule has 3 rings (SSSR count). The summed E-state index contributed by atoms with van der Waals surface area (Å²) in [5.74, 6) is 0.513. The average molecular weight is 416 g/mol.